The first-order chi connectivity index (χ1) is 8.97. The second kappa shape index (κ2) is 5.64. The zero-order valence-corrected chi connectivity index (χ0v) is 11.6. The van der Waals surface area contributed by atoms with E-state index in [0.717, 1.165) is 6.07 Å². The number of carbonyl (C=O) groups is 1. The van der Waals surface area contributed by atoms with Gasteiger partial charge in [0.15, 0.2) is 0 Å². The summed E-state index contributed by atoms with van der Waals surface area (Å²) in [6.45, 7) is 1.78. The van der Waals surface area contributed by atoms with Crippen LogP contribution in [0.5, 0.6) is 0 Å². The number of amides is 1. The van der Waals surface area contributed by atoms with Crippen LogP contribution < -0.4 is 11.1 Å². The third-order valence-electron chi connectivity index (χ3n) is 2.32. The fourth-order valence-corrected chi connectivity index (χ4v) is 2.29. The van der Waals surface area contributed by atoms with Gasteiger partial charge in [-0.25, -0.2) is 9.37 Å². The molecule has 2 aromatic rings. The lowest BCUT2D eigenvalue weighted by molar-refractivity contribution is 0.102. The summed E-state index contributed by atoms with van der Waals surface area (Å²) >= 11 is 6.92. The molecule has 1 amide bonds. The Hall–Kier alpha value is -1.50. The minimum Gasteiger partial charge on any atom is -0.322 e. The highest BCUT2D eigenvalue weighted by molar-refractivity contribution is 7.09. The molecule has 1 aromatic heterocycles. The molecule has 0 fully saturated rings. The van der Waals surface area contributed by atoms with Crippen LogP contribution in [0.1, 0.15) is 28.5 Å². The topological polar surface area (TPSA) is 68.0 Å². The Kier molecular flexibility index (Phi) is 4.14. The molecule has 4 nitrogen and oxygen atoms in total. The lowest BCUT2D eigenvalue weighted by atomic mass is 10.3. The standard InChI is InChI=1S/C12H11ClFN3OS/c1-6(15)12-17-10(5-19-12)11(18)16-9-3-2-7(13)4-8(9)14/h2-6H,15H2,1H3,(H,16,18). The quantitative estimate of drug-likeness (QED) is 0.914. The van der Waals surface area contributed by atoms with Crippen molar-refractivity contribution in [3.8, 4) is 0 Å². The van der Waals surface area contributed by atoms with Gasteiger partial charge in [-0.1, -0.05) is 11.6 Å². The molecule has 2 rings (SSSR count). The van der Waals surface area contributed by atoms with Gasteiger partial charge < -0.3 is 11.1 Å². The van der Waals surface area contributed by atoms with Gasteiger partial charge in [0.2, 0.25) is 0 Å². The van der Waals surface area contributed by atoms with Crippen molar-refractivity contribution < 1.29 is 9.18 Å². The molecular weight excluding hydrogens is 289 g/mol. The molecule has 1 atom stereocenters. The maximum Gasteiger partial charge on any atom is 0.275 e. The number of anilines is 1. The molecule has 0 saturated carbocycles. The molecule has 7 heteroatoms. The number of hydrogen-bond acceptors (Lipinski definition) is 4. The molecule has 19 heavy (non-hydrogen) atoms. The van der Waals surface area contributed by atoms with Gasteiger partial charge in [-0.05, 0) is 25.1 Å². The highest BCUT2D eigenvalue weighted by Gasteiger charge is 2.14. The van der Waals surface area contributed by atoms with E-state index in [9.17, 15) is 9.18 Å². The molecular formula is C12H11ClFN3OS. The zero-order valence-electron chi connectivity index (χ0n) is 9.98. The molecule has 3 N–H and O–H groups in total. The first-order valence-electron chi connectivity index (χ1n) is 5.45. The predicted octanol–water partition coefficient (Wildman–Crippen LogP) is 3.21. The van der Waals surface area contributed by atoms with E-state index in [1.165, 1.54) is 23.5 Å². The van der Waals surface area contributed by atoms with E-state index in [1.807, 2.05) is 0 Å². The molecule has 0 aliphatic heterocycles. The van der Waals surface area contributed by atoms with Gasteiger partial charge >= 0.3 is 0 Å². The largest absolute Gasteiger partial charge is 0.322 e. The molecule has 1 aromatic carbocycles. The number of rotatable bonds is 3. The Labute approximate surface area is 118 Å². The van der Waals surface area contributed by atoms with Crippen molar-refractivity contribution in [1.29, 1.82) is 0 Å². The number of nitrogens with one attached hydrogen (secondary N) is 1. The minimum absolute atomic E-state index is 0.0600. The van der Waals surface area contributed by atoms with Gasteiger partial charge in [0.1, 0.15) is 16.5 Å². The van der Waals surface area contributed by atoms with Gasteiger partial charge in [-0.15, -0.1) is 11.3 Å². The minimum atomic E-state index is -0.594. The number of thiazole rings is 1. The van der Waals surface area contributed by atoms with Crippen LogP contribution in [0.25, 0.3) is 0 Å². The van der Waals surface area contributed by atoms with Gasteiger partial charge in [-0.2, -0.15) is 0 Å². The fourth-order valence-electron chi connectivity index (χ4n) is 1.38. The Morgan fingerprint density at radius 1 is 1.58 bits per heavy atom. The molecule has 0 aliphatic rings. The number of carbonyl (C=O) groups excluding carboxylic acids is 1. The number of nitrogens with two attached hydrogens (primary N) is 1. The second-order valence-electron chi connectivity index (χ2n) is 3.94. The number of hydrogen-bond donors (Lipinski definition) is 2. The van der Waals surface area contributed by atoms with Crippen LogP contribution in [0.2, 0.25) is 5.02 Å². The van der Waals surface area contributed by atoms with Crippen molar-refractivity contribution in [3.63, 3.8) is 0 Å². The summed E-state index contributed by atoms with van der Waals surface area (Å²) in [4.78, 5) is 16.0. The second-order valence-corrected chi connectivity index (χ2v) is 5.26. The molecule has 1 unspecified atom stereocenters. The normalized spacial score (nSPS) is 12.2. The monoisotopic (exact) mass is 299 g/mol. The van der Waals surface area contributed by atoms with E-state index in [2.05, 4.69) is 10.3 Å². The van der Waals surface area contributed by atoms with Crippen molar-refractivity contribution in [3.05, 3.63) is 45.1 Å². The van der Waals surface area contributed by atoms with Crippen LogP contribution in [0.3, 0.4) is 0 Å². The third kappa shape index (κ3) is 3.28. The van der Waals surface area contributed by atoms with Crippen LogP contribution in [0, 0.1) is 5.82 Å². The molecule has 1 heterocycles. The molecule has 0 spiro atoms. The van der Waals surface area contributed by atoms with Crippen molar-refractivity contribution in [2.45, 2.75) is 13.0 Å². The summed E-state index contributed by atoms with van der Waals surface area (Å²) in [6.07, 6.45) is 0. The Morgan fingerprint density at radius 3 is 2.89 bits per heavy atom. The van der Waals surface area contributed by atoms with Gasteiger partial charge in [-0.3, -0.25) is 4.79 Å². The van der Waals surface area contributed by atoms with Gasteiger partial charge in [0, 0.05) is 10.4 Å². The van der Waals surface area contributed by atoms with Crippen molar-refractivity contribution in [2.75, 3.05) is 5.32 Å². The predicted molar refractivity (Wildman–Crippen MR) is 74.1 cm³/mol. The van der Waals surface area contributed by atoms with E-state index in [1.54, 1.807) is 12.3 Å². The smallest absolute Gasteiger partial charge is 0.275 e. The fraction of sp³-hybridized carbons (Fsp3) is 0.167. The van der Waals surface area contributed by atoms with E-state index >= 15 is 0 Å². The number of halogens is 2. The van der Waals surface area contributed by atoms with Crippen molar-refractivity contribution in [1.82, 2.24) is 4.98 Å². The van der Waals surface area contributed by atoms with Gasteiger partial charge in [0.25, 0.3) is 5.91 Å². The van der Waals surface area contributed by atoms with Crippen LogP contribution in [0.4, 0.5) is 10.1 Å². The molecule has 100 valence electrons. The van der Waals surface area contributed by atoms with Crippen LogP contribution in [0.15, 0.2) is 23.6 Å². The molecule has 0 saturated heterocycles. The highest BCUT2D eigenvalue weighted by Crippen LogP contribution is 2.21. The van der Waals surface area contributed by atoms with E-state index in [4.69, 9.17) is 17.3 Å². The molecule has 0 aliphatic carbocycles. The summed E-state index contributed by atoms with van der Waals surface area (Å²) in [5, 5.41) is 4.94. The lowest BCUT2D eigenvalue weighted by Crippen LogP contribution is -2.14. The summed E-state index contributed by atoms with van der Waals surface area (Å²) < 4.78 is 13.5. The van der Waals surface area contributed by atoms with Crippen LogP contribution >= 0.6 is 22.9 Å². The molecule has 0 bridgehead atoms. The SMILES string of the molecule is CC(N)c1nc(C(=O)Nc2ccc(Cl)cc2F)cs1. The number of nitrogens with zero attached hydrogens (tertiary/aromatic N) is 1. The Balaban J connectivity index is 2.16. The summed E-state index contributed by atoms with van der Waals surface area (Å²) in [6, 6.07) is 3.79. The van der Waals surface area contributed by atoms with Crippen LogP contribution in [-0.4, -0.2) is 10.9 Å². The zero-order chi connectivity index (χ0) is 14.0. The Bertz CT molecular complexity index is 615. The average molecular weight is 300 g/mol. The first kappa shape index (κ1) is 13.9. The number of benzene rings is 1. The summed E-state index contributed by atoms with van der Waals surface area (Å²) in [7, 11) is 0. The van der Waals surface area contributed by atoms with Crippen molar-refractivity contribution >= 4 is 34.5 Å². The maximum absolute atomic E-state index is 13.5. The van der Waals surface area contributed by atoms with Crippen LogP contribution in [-0.2, 0) is 0 Å². The third-order valence-corrected chi connectivity index (χ3v) is 3.60. The Morgan fingerprint density at radius 2 is 2.32 bits per heavy atom. The van der Waals surface area contributed by atoms with Gasteiger partial charge in [0.05, 0.1) is 11.7 Å². The van der Waals surface area contributed by atoms with E-state index in [-0.39, 0.29) is 22.4 Å². The first-order valence-corrected chi connectivity index (χ1v) is 6.70. The summed E-state index contributed by atoms with van der Waals surface area (Å²) in [5.74, 6) is -1.08. The van der Waals surface area contributed by atoms with E-state index in [0.29, 0.717) is 5.01 Å². The van der Waals surface area contributed by atoms with Crippen molar-refractivity contribution in [2.24, 2.45) is 5.73 Å². The number of aromatic nitrogens is 1. The highest BCUT2D eigenvalue weighted by atomic mass is 35.5. The summed E-state index contributed by atoms with van der Waals surface area (Å²) in [5.41, 5.74) is 5.94. The molecule has 0 radical (unpaired) electrons. The van der Waals surface area contributed by atoms with E-state index < -0.39 is 11.7 Å². The maximum atomic E-state index is 13.5. The average Bonchev–Trinajstić information content (AvgIpc) is 2.82. The lowest BCUT2D eigenvalue weighted by Gasteiger charge is -2.04.